The average molecular weight is 308 g/mol. The first-order chi connectivity index (χ1) is 9.82. The highest BCUT2D eigenvalue weighted by atomic mass is 32.2. The quantitative estimate of drug-likeness (QED) is 0.908. The summed E-state index contributed by atoms with van der Waals surface area (Å²) in [7, 11) is 0. The molecule has 1 saturated heterocycles. The second kappa shape index (κ2) is 5.27. The fourth-order valence-electron chi connectivity index (χ4n) is 3.72. The molecule has 1 saturated carbocycles. The normalized spacial score (nSPS) is 41.8. The van der Waals surface area contributed by atoms with Crippen LogP contribution < -0.4 is 0 Å². The van der Waals surface area contributed by atoms with Crippen LogP contribution in [-0.4, -0.2) is 34.0 Å². The summed E-state index contributed by atoms with van der Waals surface area (Å²) >= 11 is 1.74. The van der Waals surface area contributed by atoms with Crippen molar-refractivity contribution in [1.29, 1.82) is 0 Å². The first kappa shape index (κ1) is 15.3. The molecule has 21 heavy (non-hydrogen) atoms. The van der Waals surface area contributed by atoms with Gasteiger partial charge in [0.25, 0.3) is 0 Å². The summed E-state index contributed by atoms with van der Waals surface area (Å²) in [5.41, 5.74) is -0.631. The SMILES string of the molecule is C[C@H]1C[C@@H](Sc2ccccc2)[C@H](O)[C@@]2(C)OC(C)(C)O[C@@H]12. The van der Waals surface area contributed by atoms with Crippen molar-refractivity contribution in [2.24, 2.45) is 5.92 Å². The maximum absolute atomic E-state index is 10.9. The lowest BCUT2D eigenvalue weighted by atomic mass is 9.75. The molecule has 1 aromatic rings. The van der Waals surface area contributed by atoms with E-state index in [1.807, 2.05) is 39.0 Å². The predicted octanol–water partition coefficient (Wildman–Crippen LogP) is 3.46. The molecule has 0 unspecified atom stereocenters. The van der Waals surface area contributed by atoms with Gasteiger partial charge in [0, 0.05) is 10.1 Å². The Balaban J connectivity index is 1.83. The van der Waals surface area contributed by atoms with E-state index in [0.717, 1.165) is 6.42 Å². The van der Waals surface area contributed by atoms with Crippen molar-refractivity contribution in [2.45, 2.75) is 67.9 Å². The van der Waals surface area contributed by atoms with Crippen LogP contribution in [0.25, 0.3) is 0 Å². The summed E-state index contributed by atoms with van der Waals surface area (Å²) in [5.74, 6) is -0.262. The molecular weight excluding hydrogens is 284 g/mol. The summed E-state index contributed by atoms with van der Waals surface area (Å²) in [4.78, 5) is 1.19. The molecule has 4 heteroatoms. The molecule has 5 atom stereocenters. The van der Waals surface area contributed by atoms with Gasteiger partial charge >= 0.3 is 0 Å². The molecule has 0 radical (unpaired) electrons. The van der Waals surface area contributed by atoms with Crippen LogP contribution >= 0.6 is 11.8 Å². The zero-order chi connectivity index (χ0) is 15.3. The zero-order valence-electron chi connectivity index (χ0n) is 13.1. The van der Waals surface area contributed by atoms with Gasteiger partial charge in [-0.15, -0.1) is 11.8 Å². The van der Waals surface area contributed by atoms with E-state index in [2.05, 4.69) is 19.1 Å². The minimum atomic E-state index is -0.631. The molecule has 3 rings (SSSR count). The fourth-order valence-corrected chi connectivity index (χ4v) is 5.18. The van der Waals surface area contributed by atoms with E-state index in [1.54, 1.807) is 11.8 Å². The lowest BCUT2D eigenvalue weighted by Gasteiger charge is -2.45. The van der Waals surface area contributed by atoms with Gasteiger partial charge in [0.05, 0.1) is 12.2 Å². The number of fused-ring (bicyclic) bond motifs is 1. The Morgan fingerprint density at radius 2 is 1.86 bits per heavy atom. The predicted molar refractivity (Wildman–Crippen MR) is 84.3 cm³/mol. The standard InChI is InChI=1S/C17H24O3S/c1-11-10-13(21-12-8-6-5-7-9-12)14(18)17(4)15(11)19-16(2,3)20-17/h5-9,11,13-15,18H,10H2,1-4H3/t11-,13+,14-,15-,17+/m0/s1. The minimum Gasteiger partial charge on any atom is -0.389 e. The monoisotopic (exact) mass is 308 g/mol. The molecule has 116 valence electrons. The third kappa shape index (κ3) is 2.74. The Hall–Kier alpha value is -0.550. The summed E-state index contributed by atoms with van der Waals surface area (Å²) < 4.78 is 12.2. The lowest BCUT2D eigenvalue weighted by molar-refractivity contribution is -0.178. The van der Waals surface area contributed by atoms with E-state index in [9.17, 15) is 5.11 Å². The molecule has 0 spiro atoms. The van der Waals surface area contributed by atoms with Crippen LogP contribution in [0.15, 0.2) is 35.2 Å². The molecule has 0 amide bonds. The van der Waals surface area contributed by atoms with Crippen LogP contribution in [-0.2, 0) is 9.47 Å². The van der Waals surface area contributed by atoms with Gasteiger partial charge in [-0.3, -0.25) is 0 Å². The summed E-state index contributed by atoms with van der Waals surface area (Å²) in [6.07, 6.45) is 0.348. The average Bonchev–Trinajstić information content (AvgIpc) is 2.69. The molecule has 3 nitrogen and oxygen atoms in total. The number of benzene rings is 1. The highest BCUT2D eigenvalue weighted by molar-refractivity contribution is 8.00. The molecule has 1 N–H and O–H groups in total. The van der Waals surface area contributed by atoms with Crippen LogP contribution in [0, 0.1) is 5.92 Å². The number of ether oxygens (including phenoxy) is 2. The van der Waals surface area contributed by atoms with Gasteiger partial charge in [0.15, 0.2) is 5.79 Å². The van der Waals surface area contributed by atoms with Gasteiger partial charge in [0.1, 0.15) is 5.60 Å². The van der Waals surface area contributed by atoms with Crippen molar-refractivity contribution in [3.8, 4) is 0 Å². The molecule has 1 aliphatic heterocycles. The van der Waals surface area contributed by atoms with E-state index < -0.39 is 17.5 Å². The number of hydrogen-bond donors (Lipinski definition) is 1. The minimum absolute atomic E-state index is 0.0462. The first-order valence-corrected chi connectivity index (χ1v) is 8.47. The highest BCUT2D eigenvalue weighted by Crippen LogP contribution is 2.50. The summed E-state index contributed by atoms with van der Waals surface area (Å²) in [5, 5.41) is 11.0. The number of aliphatic hydroxyl groups is 1. The second-order valence-corrected chi connectivity index (χ2v) is 8.16. The van der Waals surface area contributed by atoms with Crippen molar-refractivity contribution in [1.82, 2.24) is 0 Å². The van der Waals surface area contributed by atoms with Gasteiger partial charge in [-0.25, -0.2) is 0 Å². The van der Waals surface area contributed by atoms with Crippen molar-refractivity contribution in [3.05, 3.63) is 30.3 Å². The van der Waals surface area contributed by atoms with E-state index >= 15 is 0 Å². The molecular formula is C17H24O3S. The van der Waals surface area contributed by atoms with Crippen molar-refractivity contribution >= 4 is 11.8 Å². The van der Waals surface area contributed by atoms with E-state index in [1.165, 1.54) is 4.90 Å². The smallest absolute Gasteiger partial charge is 0.164 e. The van der Waals surface area contributed by atoms with Crippen LogP contribution in [0.2, 0.25) is 0 Å². The maximum atomic E-state index is 10.9. The van der Waals surface area contributed by atoms with E-state index in [4.69, 9.17) is 9.47 Å². The van der Waals surface area contributed by atoms with Gasteiger partial charge < -0.3 is 14.6 Å². The first-order valence-electron chi connectivity index (χ1n) is 7.59. The maximum Gasteiger partial charge on any atom is 0.164 e. The van der Waals surface area contributed by atoms with Crippen LogP contribution in [0.5, 0.6) is 0 Å². The third-order valence-corrected chi connectivity index (χ3v) is 5.83. The summed E-state index contributed by atoms with van der Waals surface area (Å²) in [6, 6.07) is 10.3. The van der Waals surface area contributed by atoms with E-state index in [-0.39, 0.29) is 11.4 Å². The highest BCUT2D eigenvalue weighted by Gasteiger charge is 2.60. The van der Waals surface area contributed by atoms with Gasteiger partial charge in [-0.1, -0.05) is 25.1 Å². The number of thioether (sulfide) groups is 1. The Kier molecular flexibility index (Phi) is 3.85. The Labute approximate surface area is 131 Å². The molecule has 2 fully saturated rings. The Morgan fingerprint density at radius 1 is 1.19 bits per heavy atom. The van der Waals surface area contributed by atoms with Crippen LogP contribution in [0.1, 0.15) is 34.1 Å². The number of hydrogen-bond acceptors (Lipinski definition) is 4. The number of aliphatic hydroxyl groups excluding tert-OH is 1. The number of rotatable bonds is 2. The molecule has 1 aliphatic carbocycles. The zero-order valence-corrected chi connectivity index (χ0v) is 13.9. The van der Waals surface area contributed by atoms with Crippen molar-refractivity contribution in [3.63, 3.8) is 0 Å². The van der Waals surface area contributed by atoms with Crippen LogP contribution in [0.3, 0.4) is 0 Å². The molecule has 1 heterocycles. The topological polar surface area (TPSA) is 38.7 Å². The molecule has 2 aliphatic rings. The molecule has 0 bridgehead atoms. The van der Waals surface area contributed by atoms with Crippen LogP contribution in [0.4, 0.5) is 0 Å². The Bertz CT molecular complexity index is 504. The summed E-state index contributed by atoms with van der Waals surface area (Å²) in [6.45, 7) is 8.04. The Morgan fingerprint density at radius 3 is 2.52 bits per heavy atom. The molecule has 1 aromatic carbocycles. The third-order valence-electron chi connectivity index (χ3n) is 4.53. The fraction of sp³-hybridized carbons (Fsp3) is 0.647. The largest absolute Gasteiger partial charge is 0.389 e. The van der Waals surface area contributed by atoms with Gasteiger partial charge in [0.2, 0.25) is 0 Å². The van der Waals surface area contributed by atoms with Gasteiger partial charge in [-0.05, 0) is 45.2 Å². The second-order valence-electron chi connectivity index (χ2n) is 6.85. The molecule has 0 aromatic heterocycles. The van der Waals surface area contributed by atoms with Crippen molar-refractivity contribution in [2.75, 3.05) is 0 Å². The van der Waals surface area contributed by atoms with Crippen molar-refractivity contribution < 1.29 is 14.6 Å². The van der Waals surface area contributed by atoms with Gasteiger partial charge in [-0.2, -0.15) is 0 Å². The lowest BCUT2D eigenvalue weighted by Crippen LogP contribution is -2.59. The van der Waals surface area contributed by atoms with E-state index in [0.29, 0.717) is 5.92 Å².